The molecule has 17 heavy (non-hydrogen) atoms. The molecule has 0 heterocycles. The Morgan fingerprint density at radius 2 is 1.88 bits per heavy atom. The molecule has 0 saturated heterocycles. The van der Waals surface area contributed by atoms with Crippen LogP contribution in [0.4, 0.5) is 0 Å². The molecule has 2 atom stereocenters. The Kier molecular flexibility index (Phi) is 3.49. The highest BCUT2D eigenvalue weighted by Gasteiger charge is 2.46. The Morgan fingerprint density at radius 3 is 2.29 bits per heavy atom. The quantitative estimate of drug-likeness (QED) is 0.776. The SMILES string of the molecule is CC(C)NC1(C2=CC(C)C(C(C)C)C=C2)CC1. The first-order chi connectivity index (χ1) is 7.94. The zero-order valence-electron chi connectivity index (χ0n) is 12.0. The van der Waals surface area contributed by atoms with Gasteiger partial charge in [-0.15, -0.1) is 0 Å². The van der Waals surface area contributed by atoms with E-state index in [2.05, 4.69) is 58.2 Å². The molecular weight excluding hydrogens is 206 g/mol. The second kappa shape index (κ2) is 4.61. The summed E-state index contributed by atoms with van der Waals surface area (Å²) in [6.45, 7) is 11.5. The van der Waals surface area contributed by atoms with Gasteiger partial charge in [-0.25, -0.2) is 0 Å². The molecule has 1 heteroatoms. The van der Waals surface area contributed by atoms with Crippen molar-refractivity contribution < 1.29 is 0 Å². The lowest BCUT2D eigenvalue weighted by Crippen LogP contribution is -2.39. The van der Waals surface area contributed by atoms with Crippen molar-refractivity contribution >= 4 is 0 Å². The Balaban J connectivity index is 2.10. The van der Waals surface area contributed by atoms with Gasteiger partial charge >= 0.3 is 0 Å². The lowest BCUT2D eigenvalue weighted by atomic mass is 9.78. The average molecular weight is 233 g/mol. The molecule has 1 fully saturated rings. The van der Waals surface area contributed by atoms with E-state index < -0.39 is 0 Å². The van der Waals surface area contributed by atoms with Crippen LogP contribution in [0.5, 0.6) is 0 Å². The highest BCUT2D eigenvalue weighted by molar-refractivity contribution is 5.40. The average Bonchev–Trinajstić information content (AvgIpc) is 2.97. The minimum Gasteiger partial charge on any atom is -0.305 e. The van der Waals surface area contributed by atoms with Gasteiger partial charge in [0.05, 0.1) is 0 Å². The van der Waals surface area contributed by atoms with Crippen molar-refractivity contribution in [2.45, 2.75) is 59.0 Å². The van der Waals surface area contributed by atoms with Gasteiger partial charge < -0.3 is 5.32 Å². The molecule has 0 radical (unpaired) electrons. The number of hydrogen-bond acceptors (Lipinski definition) is 1. The van der Waals surface area contributed by atoms with Crippen LogP contribution in [0, 0.1) is 17.8 Å². The predicted molar refractivity (Wildman–Crippen MR) is 75.0 cm³/mol. The van der Waals surface area contributed by atoms with Gasteiger partial charge in [0.1, 0.15) is 0 Å². The fourth-order valence-corrected chi connectivity index (χ4v) is 3.18. The van der Waals surface area contributed by atoms with E-state index in [1.165, 1.54) is 18.4 Å². The summed E-state index contributed by atoms with van der Waals surface area (Å²) in [5.74, 6) is 2.14. The van der Waals surface area contributed by atoms with Gasteiger partial charge in [-0.3, -0.25) is 0 Å². The van der Waals surface area contributed by atoms with E-state index in [1.54, 1.807) is 0 Å². The lowest BCUT2D eigenvalue weighted by molar-refractivity contribution is 0.374. The molecule has 1 saturated carbocycles. The Hall–Kier alpha value is -0.560. The lowest BCUT2D eigenvalue weighted by Gasteiger charge is -2.30. The van der Waals surface area contributed by atoms with Crippen LogP contribution in [-0.2, 0) is 0 Å². The van der Waals surface area contributed by atoms with Gasteiger partial charge in [0.25, 0.3) is 0 Å². The van der Waals surface area contributed by atoms with Crippen LogP contribution in [0.25, 0.3) is 0 Å². The first-order valence-corrected chi connectivity index (χ1v) is 7.13. The van der Waals surface area contributed by atoms with E-state index in [0.29, 0.717) is 23.4 Å². The minimum absolute atomic E-state index is 0.320. The van der Waals surface area contributed by atoms with Crippen molar-refractivity contribution in [3.05, 3.63) is 23.8 Å². The molecule has 0 aromatic heterocycles. The zero-order chi connectivity index (χ0) is 12.6. The molecule has 2 aliphatic carbocycles. The van der Waals surface area contributed by atoms with Crippen molar-refractivity contribution in [1.29, 1.82) is 0 Å². The Bertz CT molecular complexity index is 331. The molecule has 1 nitrogen and oxygen atoms in total. The fraction of sp³-hybridized carbons (Fsp3) is 0.750. The standard InChI is InChI=1S/C16H27N/c1-11(2)15-7-6-14(10-13(15)5)16(8-9-16)17-12(3)4/h6-7,10-13,15,17H,8-9H2,1-5H3. The van der Waals surface area contributed by atoms with Crippen LogP contribution in [-0.4, -0.2) is 11.6 Å². The minimum atomic E-state index is 0.320. The number of hydrogen-bond donors (Lipinski definition) is 1. The third-order valence-electron chi connectivity index (χ3n) is 4.18. The Labute approximate surface area is 106 Å². The molecule has 0 bridgehead atoms. The molecule has 0 aromatic rings. The van der Waals surface area contributed by atoms with E-state index >= 15 is 0 Å². The maximum absolute atomic E-state index is 3.74. The third-order valence-corrected chi connectivity index (χ3v) is 4.18. The van der Waals surface area contributed by atoms with Crippen molar-refractivity contribution in [1.82, 2.24) is 5.32 Å². The van der Waals surface area contributed by atoms with Gasteiger partial charge in [-0.1, -0.05) is 52.8 Å². The van der Waals surface area contributed by atoms with Gasteiger partial charge in [-0.2, -0.15) is 0 Å². The summed E-state index contributed by atoms with van der Waals surface area (Å²) in [6, 6.07) is 0.574. The second-order valence-corrected chi connectivity index (χ2v) is 6.54. The van der Waals surface area contributed by atoms with E-state index in [4.69, 9.17) is 0 Å². The van der Waals surface area contributed by atoms with Crippen LogP contribution in [0.3, 0.4) is 0 Å². The first kappa shape index (κ1) is 12.9. The molecule has 96 valence electrons. The summed E-state index contributed by atoms with van der Waals surface area (Å²) in [5.41, 5.74) is 1.86. The van der Waals surface area contributed by atoms with Crippen molar-refractivity contribution in [2.75, 3.05) is 0 Å². The molecule has 2 aliphatic rings. The largest absolute Gasteiger partial charge is 0.305 e. The predicted octanol–water partition coefficient (Wildman–Crippen LogP) is 3.92. The van der Waals surface area contributed by atoms with E-state index in [-0.39, 0.29) is 0 Å². The number of rotatable bonds is 4. The molecular formula is C16H27N. The van der Waals surface area contributed by atoms with Gasteiger partial charge in [0.2, 0.25) is 0 Å². The van der Waals surface area contributed by atoms with Gasteiger partial charge in [0.15, 0.2) is 0 Å². The number of allylic oxidation sites excluding steroid dienone is 2. The highest BCUT2D eigenvalue weighted by atomic mass is 15.0. The molecule has 0 spiro atoms. The first-order valence-electron chi connectivity index (χ1n) is 7.13. The topological polar surface area (TPSA) is 12.0 Å². The van der Waals surface area contributed by atoms with Crippen molar-refractivity contribution in [3.8, 4) is 0 Å². The van der Waals surface area contributed by atoms with Gasteiger partial charge in [0, 0.05) is 11.6 Å². The smallest absolute Gasteiger partial charge is 0.0434 e. The van der Waals surface area contributed by atoms with E-state index in [0.717, 1.165) is 5.92 Å². The Morgan fingerprint density at radius 1 is 1.24 bits per heavy atom. The monoisotopic (exact) mass is 233 g/mol. The molecule has 0 amide bonds. The fourth-order valence-electron chi connectivity index (χ4n) is 3.18. The summed E-state index contributed by atoms with van der Waals surface area (Å²) in [6.07, 6.45) is 9.94. The molecule has 0 aromatic carbocycles. The zero-order valence-corrected chi connectivity index (χ0v) is 12.0. The molecule has 2 rings (SSSR count). The van der Waals surface area contributed by atoms with Gasteiger partial charge in [-0.05, 0) is 36.2 Å². The van der Waals surface area contributed by atoms with Crippen LogP contribution >= 0.6 is 0 Å². The summed E-state index contributed by atoms with van der Waals surface area (Å²) < 4.78 is 0. The maximum Gasteiger partial charge on any atom is 0.0434 e. The van der Waals surface area contributed by atoms with E-state index in [1.807, 2.05) is 0 Å². The molecule has 0 aliphatic heterocycles. The van der Waals surface area contributed by atoms with E-state index in [9.17, 15) is 0 Å². The highest BCUT2D eigenvalue weighted by Crippen LogP contribution is 2.46. The summed E-state index contributed by atoms with van der Waals surface area (Å²) in [4.78, 5) is 0. The van der Waals surface area contributed by atoms with Crippen LogP contribution in [0.2, 0.25) is 0 Å². The second-order valence-electron chi connectivity index (χ2n) is 6.54. The summed E-state index contributed by atoms with van der Waals surface area (Å²) in [5, 5.41) is 3.74. The van der Waals surface area contributed by atoms with Crippen molar-refractivity contribution in [3.63, 3.8) is 0 Å². The van der Waals surface area contributed by atoms with Crippen LogP contribution in [0.1, 0.15) is 47.5 Å². The van der Waals surface area contributed by atoms with Crippen LogP contribution in [0.15, 0.2) is 23.8 Å². The van der Waals surface area contributed by atoms with Crippen molar-refractivity contribution in [2.24, 2.45) is 17.8 Å². The summed E-state index contributed by atoms with van der Waals surface area (Å²) in [7, 11) is 0. The van der Waals surface area contributed by atoms with Crippen LogP contribution < -0.4 is 5.32 Å². The third kappa shape index (κ3) is 2.65. The molecule has 1 N–H and O–H groups in total. The molecule has 2 unspecified atom stereocenters. The normalized spacial score (nSPS) is 30.9. The summed E-state index contributed by atoms with van der Waals surface area (Å²) >= 11 is 0. The number of nitrogens with one attached hydrogen (secondary N) is 1. The maximum atomic E-state index is 3.74.